The van der Waals surface area contributed by atoms with Crippen molar-refractivity contribution >= 4 is 51.7 Å². The van der Waals surface area contributed by atoms with Crippen molar-refractivity contribution in [3.8, 4) is 0 Å². The van der Waals surface area contributed by atoms with Gasteiger partial charge in [0.1, 0.15) is 0 Å². The molecule has 4 aromatic carbocycles. The van der Waals surface area contributed by atoms with Gasteiger partial charge in [-0.15, -0.1) is 5.73 Å². The van der Waals surface area contributed by atoms with E-state index in [1.807, 2.05) is 0 Å². The van der Waals surface area contributed by atoms with Crippen LogP contribution in [0.15, 0.2) is 232 Å². The maximum Gasteiger partial charge on any atom is 0.0240 e. The smallest absolute Gasteiger partial charge is 0.0240 e. The Morgan fingerprint density at radius 2 is 1.01 bits per heavy atom. The molecule has 0 radical (unpaired) electrons. The molecule has 0 nitrogen and oxygen atoms in total. The summed E-state index contributed by atoms with van der Waals surface area (Å²) in [7, 11) is 0. The zero-order chi connectivity index (χ0) is 62.7. The van der Waals surface area contributed by atoms with Gasteiger partial charge in [-0.1, -0.05) is 192 Å². The monoisotopic (exact) mass is 1230 g/mol. The van der Waals surface area contributed by atoms with E-state index in [-0.39, 0.29) is 28.6 Å². The second-order valence-corrected chi connectivity index (χ2v) is 32.6. The standard InChI is InChI=1S/C95H86/c1-94(2)88-50-80-81(85-47-60(77-43-55-22-6-10-26-65(55)69-30-14-18-34-73(69)77)39-59-38-37-58(46-84(80)92(59)85)76-42-54-21-5-9-25-64(54)68-29-13-17-33-72(68)76)51-89(88)95(3,4)91-53-83-82(52-90(91)94)86-48-61(78-44-56-23-7-11-27-66(56)70-31-15-19-35-74(70)78)40-63-41-62(49-87(83)93(63)86)79-45-57-24-8-12-28-67(57)71-32-16-20-36-75(71)79/h5,7-8,10-11,14-15,17,21,23-24,26-27,30-31,33,38-53,59,63-64,67-68,71,74,78,92-93H,6,9,12-13,16,18-20,22,25,28-29,32,34-36H2,1-4H3. The Kier molecular flexibility index (Phi) is 12.1. The van der Waals surface area contributed by atoms with E-state index in [0.29, 0.717) is 41.4 Å². The highest BCUT2D eigenvalue weighted by Crippen LogP contribution is 2.64. The number of hydrogen-bond acceptors (Lipinski definition) is 0. The molecular weight excluding hydrogens is 1140 g/mol. The predicted octanol–water partition coefficient (Wildman–Crippen LogP) is 21.5. The fourth-order valence-electron chi connectivity index (χ4n) is 22.7. The second-order valence-electron chi connectivity index (χ2n) is 32.6. The van der Waals surface area contributed by atoms with Gasteiger partial charge in [-0.3, -0.25) is 0 Å². The van der Waals surface area contributed by atoms with Crippen molar-refractivity contribution in [1.29, 1.82) is 0 Å². The maximum absolute atomic E-state index is 4.16. The van der Waals surface area contributed by atoms with Crippen molar-refractivity contribution in [3.63, 3.8) is 0 Å². The summed E-state index contributed by atoms with van der Waals surface area (Å²) >= 11 is 0. The Balaban J connectivity index is 0.757. The summed E-state index contributed by atoms with van der Waals surface area (Å²) in [6, 6.07) is 22.9. The Hall–Kier alpha value is -8.28. The largest absolute Gasteiger partial charge is 0.116 e. The lowest BCUT2D eigenvalue weighted by atomic mass is 9.59. The van der Waals surface area contributed by atoms with E-state index in [4.69, 9.17) is 0 Å². The molecule has 17 aliphatic carbocycles. The molecule has 1 fully saturated rings. The minimum atomic E-state index is -0.277. The Morgan fingerprint density at radius 1 is 0.421 bits per heavy atom. The Labute approximate surface area is 563 Å². The molecule has 0 aromatic heterocycles. The third-order valence-electron chi connectivity index (χ3n) is 27.2. The summed E-state index contributed by atoms with van der Waals surface area (Å²) in [4.78, 5) is 0. The van der Waals surface area contributed by atoms with E-state index in [0.717, 1.165) is 32.1 Å². The van der Waals surface area contributed by atoms with Crippen LogP contribution in [0.4, 0.5) is 0 Å². The highest BCUT2D eigenvalue weighted by atomic mass is 14.5. The molecule has 0 saturated heterocycles. The maximum atomic E-state index is 4.16. The minimum Gasteiger partial charge on any atom is -0.116 e. The highest BCUT2D eigenvalue weighted by molar-refractivity contribution is 6.04. The van der Waals surface area contributed by atoms with Crippen LogP contribution in [0, 0.1) is 59.2 Å². The molecule has 0 heteroatoms. The van der Waals surface area contributed by atoms with E-state index in [9.17, 15) is 0 Å². The van der Waals surface area contributed by atoms with Crippen molar-refractivity contribution < 1.29 is 0 Å². The Morgan fingerprint density at radius 3 is 1.76 bits per heavy atom. The van der Waals surface area contributed by atoms with Crippen LogP contribution in [0.25, 0.3) is 51.7 Å². The number of benzene rings is 4. The lowest BCUT2D eigenvalue weighted by Crippen LogP contribution is -2.37. The van der Waals surface area contributed by atoms with E-state index >= 15 is 0 Å². The zero-order valence-electron chi connectivity index (χ0n) is 56.1. The van der Waals surface area contributed by atoms with Crippen LogP contribution in [0.3, 0.4) is 0 Å². The van der Waals surface area contributed by atoms with Crippen molar-refractivity contribution in [2.24, 2.45) is 59.2 Å². The van der Waals surface area contributed by atoms with Crippen LogP contribution < -0.4 is 10.4 Å². The molecule has 95 heavy (non-hydrogen) atoms. The van der Waals surface area contributed by atoms with Gasteiger partial charge in [0.15, 0.2) is 0 Å². The lowest BCUT2D eigenvalue weighted by Gasteiger charge is -2.45. The van der Waals surface area contributed by atoms with Crippen LogP contribution in [0.1, 0.15) is 190 Å². The highest BCUT2D eigenvalue weighted by Gasteiger charge is 2.50. The first kappa shape index (κ1) is 55.9. The summed E-state index contributed by atoms with van der Waals surface area (Å²) in [5.41, 5.74) is 45.6. The van der Waals surface area contributed by atoms with Crippen molar-refractivity contribution in [3.05, 3.63) is 315 Å². The summed E-state index contributed by atoms with van der Waals surface area (Å²) in [5, 5.41) is 2.83. The predicted molar refractivity (Wildman–Crippen MR) is 397 cm³/mol. The topological polar surface area (TPSA) is 0 Å². The van der Waals surface area contributed by atoms with Crippen LogP contribution in [-0.4, -0.2) is 0 Å². The molecule has 0 aliphatic heterocycles. The van der Waals surface area contributed by atoms with E-state index in [2.05, 4.69) is 228 Å². The number of aryl methyl sites for hydroxylation is 1. The first-order valence-corrected chi connectivity index (χ1v) is 37.4. The molecule has 0 amide bonds. The number of fused-ring (bicyclic) bond motifs is 19. The number of allylic oxidation sites excluding steroid dienone is 33. The first-order valence-electron chi connectivity index (χ1n) is 37.4. The normalized spacial score (nSPS) is 30.8. The number of hydrogen-bond donors (Lipinski definition) is 0. The van der Waals surface area contributed by atoms with Gasteiger partial charge in [-0.25, -0.2) is 0 Å². The van der Waals surface area contributed by atoms with Gasteiger partial charge in [-0.2, -0.15) is 0 Å². The zero-order valence-corrected chi connectivity index (χ0v) is 56.1. The molecule has 0 N–H and O–H groups in total. The second kappa shape index (κ2) is 20.6. The molecule has 466 valence electrons. The van der Waals surface area contributed by atoms with Gasteiger partial charge in [-0.05, 0) is 324 Å². The SMILES string of the molecule is CC1(C)c2cc3c(cc2C(C)(C)c2cc4c(cc21)C1=CC(c2cc5c(c6c2CCC=C6)C=CCC5)=CC2C=C=C(C5=C6C=CCCC6C6CCC=CC6=C5)C=C4C12)C1=CC(C2C=c4ccccc4=C4C=CCCC42)=CC2C=C(C4=C5CCCCC5C5CCC=CC5=C4)C=C3C12. The van der Waals surface area contributed by atoms with Gasteiger partial charge in [0, 0.05) is 46.0 Å². The fourth-order valence-corrected chi connectivity index (χ4v) is 22.7. The van der Waals surface area contributed by atoms with Crippen LogP contribution >= 0.6 is 0 Å². The van der Waals surface area contributed by atoms with Crippen molar-refractivity contribution in [2.45, 2.75) is 141 Å². The van der Waals surface area contributed by atoms with Gasteiger partial charge in [0.05, 0.1) is 0 Å². The van der Waals surface area contributed by atoms with Crippen LogP contribution in [0.2, 0.25) is 0 Å². The Bertz CT molecular complexity index is 5070. The van der Waals surface area contributed by atoms with Crippen LogP contribution in [-0.2, 0) is 23.7 Å². The van der Waals surface area contributed by atoms with Crippen LogP contribution in [0.5, 0.6) is 0 Å². The van der Waals surface area contributed by atoms with Crippen molar-refractivity contribution in [2.75, 3.05) is 0 Å². The number of rotatable bonds is 4. The fraction of sp³-hybridized carbons (Fsp3) is 0.337. The van der Waals surface area contributed by atoms with E-state index in [1.54, 1.807) is 39.0 Å². The van der Waals surface area contributed by atoms with Crippen molar-refractivity contribution in [1.82, 2.24) is 0 Å². The molecule has 10 atom stereocenters. The van der Waals surface area contributed by atoms with E-state index < -0.39 is 0 Å². The van der Waals surface area contributed by atoms with Gasteiger partial charge in [0.25, 0.3) is 0 Å². The first-order chi connectivity index (χ1) is 46.6. The van der Waals surface area contributed by atoms with Gasteiger partial charge >= 0.3 is 0 Å². The quantitative estimate of drug-likeness (QED) is 0.179. The third-order valence-corrected chi connectivity index (χ3v) is 27.2. The van der Waals surface area contributed by atoms with E-state index in [1.165, 1.54) is 198 Å². The lowest BCUT2D eigenvalue weighted by molar-refractivity contribution is 0.330. The average Bonchev–Trinajstić information content (AvgIpc) is 1.62. The summed E-state index contributed by atoms with van der Waals surface area (Å²) in [6.07, 6.45) is 78.4. The molecule has 0 spiro atoms. The molecule has 21 rings (SSSR count). The molecular formula is C95H86. The molecule has 0 bridgehead atoms. The average molecular weight is 1230 g/mol. The third kappa shape index (κ3) is 8.08. The minimum absolute atomic E-state index is 0.167. The molecule has 0 heterocycles. The van der Waals surface area contributed by atoms with Gasteiger partial charge in [0.2, 0.25) is 0 Å². The molecule has 4 aromatic rings. The van der Waals surface area contributed by atoms with Gasteiger partial charge < -0.3 is 0 Å². The molecule has 1 saturated carbocycles. The molecule has 17 aliphatic rings. The summed E-state index contributed by atoms with van der Waals surface area (Å²) in [5.74, 6) is 4.25. The summed E-state index contributed by atoms with van der Waals surface area (Å²) < 4.78 is 0. The molecule has 10 unspecified atom stereocenters. The summed E-state index contributed by atoms with van der Waals surface area (Å²) in [6.45, 7) is 10.4.